The fourth-order valence-electron chi connectivity index (χ4n) is 2.10. The lowest BCUT2D eigenvalue weighted by Gasteiger charge is -2.16. The minimum atomic E-state index is 0.0494. The first-order valence-corrected chi connectivity index (χ1v) is 7.90. The second-order valence-electron chi connectivity index (χ2n) is 5.03. The normalized spacial score (nSPS) is 12.2. The van der Waals surface area contributed by atoms with Crippen LogP contribution in [0, 0.1) is 0 Å². The Morgan fingerprint density at radius 2 is 2.00 bits per heavy atom. The lowest BCUT2D eigenvalue weighted by molar-refractivity contribution is 0.283. The van der Waals surface area contributed by atoms with Crippen molar-refractivity contribution in [2.45, 2.75) is 32.8 Å². The number of rotatable bonds is 6. The van der Waals surface area contributed by atoms with Gasteiger partial charge in [0.25, 0.3) is 0 Å². The van der Waals surface area contributed by atoms with Gasteiger partial charge in [0.1, 0.15) is 5.75 Å². The molecule has 0 radical (unpaired) electrons. The summed E-state index contributed by atoms with van der Waals surface area (Å²) >= 11 is 1.55. The van der Waals surface area contributed by atoms with Gasteiger partial charge < -0.3 is 14.7 Å². The quantitative estimate of drug-likeness (QED) is 0.878. The molecule has 1 aromatic heterocycles. The lowest BCUT2D eigenvalue weighted by Crippen LogP contribution is -2.09. The van der Waals surface area contributed by atoms with Crippen LogP contribution in [0.15, 0.2) is 24.3 Å². The summed E-state index contributed by atoms with van der Waals surface area (Å²) < 4.78 is 5.18. The van der Waals surface area contributed by atoms with Crippen LogP contribution in [-0.4, -0.2) is 24.2 Å². The van der Waals surface area contributed by atoms with Crippen LogP contribution in [-0.2, 0) is 6.61 Å². The van der Waals surface area contributed by atoms with Crippen molar-refractivity contribution in [2.75, 3.05) is 19.1 Å². The van der Waals surface area contributed by atoms with Gasteiger partial charge in [0.2, 0.25) is 0 Å². The molecule has 5 heteroatoms. The number of hydrogen-bond acceptors (Lipinski definition) is 5. The predicted octanol–water partition coefficient (Wildman–Crippen LogP) is 3.93. The minimum Gasteiger partial charge on any atom is -0.497 e. The first kappa shape index (κ1) is 15.8. The van der Waals surface area contributed by atoms with Crippen LogP contribution >= 0.6 is 11.3 Å². The molecule has 0 fully saturated rings. The summed E-state index contributed by atoms with van der Waals surface area (Å²) in [6.07, 6.45) is 1.02. The van der Waals surface area contributed by atoms with E-state index in [1.165, 1.54) is 0 Å². The molecule has 0 aliphatic rings. The van der Waals surface area contributed by atoms with Crippen LogP contribution in [0.3, 0.4) is 0 Å². The van der Waals surface area contributed by atoms with E-state index >= 15 is 0 Å². The Hall–Kier alpha value is -1.59. The third-order valence-electron chi connectivity index (χ3n) is 3.69. The number of methoxy groups -OCH3 is 1. The van der Waals surface area contributed by atoms with Crippen molar-refractivity contribution in [3.63, 3.8) is 0 Å². The zero-order chi connectivity index (χ0) is 15.4. The Bertz CT molecular complexity index is 580. The van der Waals surface area contributed by atoms with Crippen molar-refractivity contribution in [1.82, 2.24) is 4.98 Å². The van der Waals surface area contributed by atoms with E-state index in [1.54, 1.807) is 18.4 Å². The first-order chi connectivity index (χ1) is 10.1. The maximum Gasteiger partial charge on any atom is 0.190 e. The van der Waals surface area contributed by atoms with E-state index in [2.05, 4.69) is 13.8 Å². The molecule has 0 amide bonds. The molecule has 0 bridgehead atoms. The van der Waals surface area contributed by atoms with E-state index in [-0.39, 0.29) is 6.61 Å². The van der Waals surface area contributed by atoms with Crippen LogP contribution in [0.25, 0.3) is 0 Å². The van der Waals surface area contributed by atoms with Gasteiger partial charge in [-0.05, 0) is 36.6 Å². The van der Waals surface area contributed by atoms with E-state index in [1.807, 2.05) is 36.2 Å². The number of anilines is 2. The highest BCUT2D eigenvalue weighted by Gasteiger charge is 2.18. The summed E-state index contributed by atoms with van der Waals surface area (Å²) in [7, 11) is 3.65. The summed E-state index contributed by atoms with van der Waals surface area (Å²) in [5.41, 5.74) is 2.06. The molecule has 4 nitrogen and oxygen atoms in total. The summed E-state index contributed by atoms with van der Waals surface area (Å²) in [6.45, 7) is 4.33. The average molecular weight is 306 g/mol. The topological polar surface area (TPSA) is 45.6 Å². The molecule has 0 saturated heterocycles. The molecule has 0 aliphatic heterocycles. The van der Waals surface area contributed by atoms with Gasteiger partial charge in [0, 0.05) is 12.7 Å². The largest absolute Gasteiger partial charge is 0.497 e. The zero-order valence-corrected chi connectivity index (χ0v) is 13.8. The average Bonchev–Trinajstić information content (AvgIpc) is 2.97. The lowest BCUT2D eigenvalue weighted by atomic mass is 10.0. The first-order valence-electron chi connectivity index (χ1n) is 7.08. The third-order valence-corrected chi connectivity index (χ3v) is 4.82. The van der Waals surface area contributed by atoms with Gasteiger partial charge in [-0.25, -0.2) is 4.98 Å². The molecule has 1 aromatic carbocycles. The summed E-state index contributed by atoms with van der Waals surface area (Å²) in [5.74, 6) is 1.20. The molecule has 2 aromatic rings. The van der Waals surface area contributed by atoms with Gasteiger partial charge in [-0.15, -0.1) is 0 Å². The highest BCUT2D eigenvalue weighted by atomic mass is 32.1. The Kier molecular flexibility index (Phi) is 5.20. The molecule has 114 valence electrons. The van der Waals surface area contributed by atoms with Gasteiger partial charge >= 0.3 is 0 Å². The monoisotopic (exact) mass is 306 g/mol. The molecule has 1 unspecified atom stereocenters. The molecule has 0 saturated carbocycles. The molecule has 1 heterocycles. The number of benzene rings is 1. The van der Waals surface area contributed by atoms with Crippen LogP contribution in [0.1, 0.15) is 36.8 Å². The van der Waals surface area contributed by atoms with Crippen LogP contribution < -0.4 is 9.64 Å². The maximum absolute atomic E-state index is 9.53. The number of aliphatic hydroxyl groups is 1. The predicted molar refractivity (Wildman–Crippen MR) is 87.8 cm³/mol. The second kappa shape index (κ2) is 6.91. The highest BCUT2D eigenvalue weighted by molar-refractivity contribution is 7.15. The second-order valence-corrected chi connectivity index (χ2v) is 6.09. The molecule has 2 rings (SSSR count). The smallest absolute Gasteiger partial charge is 0.190 e. The zero-order valence-electron chi connectivity index (χ0n) is 13.0. The Morgan fingerprint density at radius 3 is 2.52 bits per heavy atom. The number of nitrogens with zero attached hydrogens (tertiary/aromatic N) is 2. The molecular weight excluding hydrogens is 284 g/mol. The Labute approximate surface area is 130 Å². The van der Waals surface area contributed by atoms with Gasteiger partial charge in [-0.1, -0.05) is 25.2 Å². The molecule has 0 spiro atoms. The van der Waals surface area contributed by atoms with E-state index in [0.717, 1.165) is 33.6 Å². The molecular formula is C16H22N2O2S. The van der Waals surface area contributed by atoms with Gasteiger partial charge in [0.05, 0.1) is 24.3 Å². The Balaban J connectivity index is 2.29. The van der Waals surface area contributed by atoms with Crippen molar-refractivity contribution in [3.8, 4) is 5.75 Å². The van der Waals surface area contributed by atoms with Gasteiger partial charge in [0.15, 0.2) is 5.13 Å². The number of aliphatic hydroxyl groups excluding tert-OH is 1. The van der Waals surface area contributed by atoms with Crippen LogP contribution in [0.2, 0.25) is 0 Å². The van der Waals surface area contributed by atoms with E-state index in [9.17, 15) is 5.11 Å². The van der Waals surface area contributed by atoms with Crippen molar-refractivity contribution >= 4 is 22.2 Å². The molecule has 1 N–H and O–H groups in total. The van der Waals surface area contributed by atoms with Gasteiger partial charge in [-0.3, -0.25) is 0 Å². The summed E-state index contributed by atoms with van der Waals surface area (Å²) in [5, 5.41) is 10.4. The number of thiazole rings is 1. The van der Waals surface area contributed by atoms with Crippen LogP contribution in [0.5, 0.6) is 5.75 Å². The number of aromatic nitrogens is 1. The van der Waals surface area contributed by atoms with Crippen molar-refractivity contribution in [3.05, 3.63) is 34.8 Å². The minimum absolute atomic E-state index is 0.0494. The van der Waals surface area contributed by atoms with E-state index in [4.69, 9.17) is 9.72 Å². The summed E-state index contributed by atoms with van der Waals surface area (Å²) in [6, 6.07) is 7.87. The standard InChI is InChI=1S/C16H22N2O2S/c1-5-11(2)15-14(10-19)21-16(17-15)18(3)12-6-8-13(20-4)9-7-12/h6-9,11,19H,5,10H2,1-4H3. The molecule has 0 aliphatic carbocycles. The molecule has 1 atom stereocenters. The van der Waals surface area contributed by atoms with Crippen LogP contribution in [0.4, 0.5) is 10.8 Å². The van der Waals surface area contributed by atoms with Crippen molar-refractivity contribution < 1.29 is 9.84 Å². The van der Waals surface area contributed by atoms with Crippen molar-refractivity contribution in [1.29, 1.82) is 0 Å². The fraction of sp³-hybridized carbons (Fsp3) is 0.438. The van der Waals surface area contributed by atoms with Crippen molar-refractivity contribution in [2.24, 2.45) is 0 Å². The summed E-state index contributed by atoms with van der Waals surface area (Å²) in [4.78, 5) is 7.72. The van der Waals surface area contributed by atoms with E-state index in [0.29, 0.717) is 5.92 Å². The number of ether oxygens (including phenoxy) is 1. The molecule has 21 heavy (non-hydrogen) atoms. The Morgan fingerprint density at radius 1 is 1.33 bits per heavy atom. The third kappa shape index (κ3) is 3.36. The highest BCUT2D eigenvalue weighted by Crippen LogP contribution is 2.35. The SMILES string of the molecule is CCC(C)c1nc(N(C)c2ccc(OC)cc2)sc1CO. The fourth-order valence-corrected chi connectivity index (χ4v) is 3.12. The van der Waals surface area contributed by atoms with Gasteiger partial charge in [-0.2, -0.15) is 0 Å². The maximum atomic E-state index is 9.53. The number of hydrogen-bond donors (Lipinski definition) is 1. The van der Waals surface area contributed by atoms with E-state index < -0.39 is 0 Å².